The van der Waals surface area contributed by atoms with Gasteiger partial charge in [0.05, 0.1) is 11.1 Å². The molecule has 0 heterocycles. The Hall–Kier alpha value is -1.81. The SMILES string of the molecule is CCCc1ccc(OC(=O)CCCOc2ccc(C(C)C)cc2Br)cc1. The smallest absolute Gasteiger partial charge is 0.311 e. The number of hydrogen-bond donors (Lipinski definition) is 0. The minimum Gasteiger partial charge on any atom is -0.492 e. The van der Waals surface area contributed by atoms with Gasteiger partial charge in [-0.25, -0.2) is 0 Å². The highest BCUT2D eigenvalue weighted by Gasteiger charge is 2.08. The van der Waals surface area contributed by atoms with Gasteiger partial charge in [0.2, 0.25) is 0 Å². The molecule has 0 saturated heterocycles. The van der Waals surface area contributed by atoms with Gasteiger partial charge in [0.25, 0.3) is 0 Å². The second kappa shape index (κ2) is 10.4. The molecule has 26 heavy (non-hydrogen) atoms. The molecule has 2 rings (SSSR count). The Labute approximate surface area is 164 Å². The summed E-state index contributed by atoms with van der Waals surface area (Å²) in [6.45, 7) is 6.94. The van der Waals surface area contributed by atoms with Crippen molar-refractivity contribution in [1.29, 1.82) is 0 Å². The maximum Gasteiger partial charge on any atom is 0.311 e. The molecule has 0 unspecified atom stereocenters. The Morgan fingerprint density at radius 2 is 1.85 bits per heavy atom. The predicted molar refractivity (Wildman–Crippen MR) is 109 cm³/mol. The van der Waals surface area contributed by atoms with Crippen LogP contribution in [0.5, 0.6) is 11.5 Å². The Kier molecular flexibility index (Phi) is 8.17. The zero-order valence-electron chi connectivity index (χ0n) is 15.8. The van der Waals surface area contributed by atoms with Gasteiger partial charge in [0, 0.05) is 6.42 Å². The first-order chi connectivity index (χ1) is 12.5. The molecular formula is C22H27BrO3. The summed E-state index contributed by atoms with van der Waals surface area (Å²) in [7, 11) is 0. The number of carbonyl (C=O) groups is 1. The van der Waals surface area contributed by atoms with Gasteiger partial charge in [0.15, 0.2) is 0 Å². The first-order valence-electron chi connectivity index (χ1n) is 9.21. The molecule has 0 atom stereocenters. The molecule has 0 radical (unpaired) electrons. The Bertz CT molecular complexity index is 708. The van der Waals surface area contributed by atoms with Crippen molar-refractivity contribution < 1.29 is 14.3 Å². The lowest BCUT2D eigenvalue weighted by molar-refractivity contribution is -0.134. The number of ether oxygens (including phenoxy) is 2. The third kappa shape index (κ3) is 6.49. The second-order valence-electron chi connectivity index (χ2n) is 6.66. The predicted octanol–water partition coefficient (Wildman–Crippen LogP) is 6.29. The van der Waals surface area contributed by atoms with Gasteiger partial charge >= 0.3 is 5.97 Å². The van der Waals surface area contributed by atoms with E-state index in [1.807, 2.05) is 30.3 Å². The summed E-state index contributed by atoms with van der Waals surface area (Å²) >= 11 is 3.54. The van der Waals surface area contributed by atoms with Crippen molar-refractivity contribution in [2.24, 2.45) is 0 Å². The van der Waals surface area contributed by atoms with Crippen LogP contribution in [0.4, 0.5) is 0 Å². The normalized spacial score (nSPS) is 10.8. The van der Waals surface area contributed by atoms with E-state index in [0.29, 0.717) is 31.1 Å². The number of rotatable bonds is 9. The highest BCUT2D eigenvalue weighted by molar-refractivity contribution is 9.10. The summed E-state index contributed by atoms with van der Waals surface area (Å²) in [5.74, 6) is 1.65. The van der Waals surface area contributed by atoms with E-state index in [4.69, 9.17) is 9.47 Å². The number of halogens is 1. The molecule has 0 fully saturated rings. The molecule has 2 aromatic carbocycles. The molecule has 2 aromatic rings. The van der Waals surface area contributed by atoms with Gasteiger partial charge in [-0.2, -0.15) is 0 Å². The van der Waals surface area contributed by atoms with E-state index in [-0.39, 0.29) is 5.97 Å². The van der Waals surface area contributed by atoms with Crippen molar-refractivity contribution in [3.05, 3.63) is 58.1 Å². The largest absolute Gasteiger partial charge is 0.492 e. The van der Waals surface area contributed by atoms with E-state index >= 15 is 0 Å². The lowest BCUT2D eigenvalue weighted by Crippen LogP contribution is -2.10. The molecular weight excluding hydrogens is 392 g/mol. The minimum absolute atomic E-state index is 0.230. The van der Waals surface area contributed by atoms with E-state index < -0.39 is 0 Å². The van der Waals surface area contributed by atoms with Gasteiger partial charge in [-0.1, -0.05) is 45.4 Å². The Balaban J connectivity index is 1.73. The van der Waals surface area contributed by atoms with Crippen LogP contribution in [0.15, 0.2) is 46.9 Å². The molecule has 0 aliphatic carbocycles. The van der Waals surface area contributed by atoms with Crippen molar-refractivity contribution in [2.45, 2.75) is 52.4 Å². The average molecular weight is 419 g/mol. The van der Waals surface area contributed by atoms with Crippen LogP contribution in [0.25, 0.3) is 0 Å². The zero-order chi connectivity index (χ0) is 18.9. The first-order valence-corrected chi connectivity index (χ1v) is 10.0. The topological polar surface area (TPSA) is 35.5 Å². The fourth-order valence-electron chi connectivity index (χ4n) is 2.59. The van der Waals surface area contributed by atoms with E-state index in [9.17, 15) is 4.79 Å². The summed E-state index contributed by atoms with van der Waals surface area (Å²) in [5.41, 5.74) is 2.52. The van der Waals surface area contributed by atoms with Gasteiger partial charge in [-0.3, -0.25) is 4.79 Å². The van der Waals surface area contributed by atoms with Crippen molar-refractivity contribution in [2.75, 3.05) is 6.61 Å². The molecule has 0 aromatic heterocycles. The summed E-state index contributed by atoms with van der Waals surface area (Å²) in [4.78, 5) is 11.9. The third-order valence-electron chi connectivity index (χ3n) is 4.10. The van der Waals surface area contributed by atoms with Crippen molar-refractivity contribution in [1.82, 2.24) is 0 Å². The highest BCUT2D eigenvalue weighted by atomic mass is 79.9. The molecule has 0 N–H and O–H groups in total. The Morgan fingerprint density at radius 3 is 2.46 bits per heavy atom. The van der Waals surface area contributed by atoms with E-state index in [2.05, 4.69) is 48.8 Å². The maximum absolute atomic E-state index is 11.9. The standard InChI is InChI=1S/C22H27BrO3/c1-4-6-17-8-11-19(12-9-17)26-22(24)7-5-14-25-21-13-10-18(16(2)3)15-20(21)23/h8-13,15-16H,4-7,14H2,1-3H3. The van der Waals surface area contributed by atoms with Gasteiger partial charge in [-0.05, 0) is 70.1 Å². The van der Waals surface area contributed by atoms with Crippen molar-refractivity contribution in [3.8, 4) is 11.5 Å². The lowest BCUT2D eigenvalue weighted by Gasteiger charge is -2.11. The number of carbonyl (C=O) groups excluding carboxylic acids is 1. The van der Waals surface area contributed by atoms with Crippen LogP contribution in [-0.2, 0) is 11.2 Å². The zero-order valence-corrected chi connectivity index (χ0v) is 17.3. The molecule has 4 heteroatoms. The fraction of sp³-hybridized carbons (Fsp3) is 0.409. The summed E-state index contributed by atoms with van der Waals surface area (Å²) in [6.07, 6.45) is 3.10. The summed E-state index contributed by atoms with van der Waals surface area (Å²) in [5, 5.41) is 0. The van der Waals surface area contributed by atoms with Crippen LogP contribution in [0.3, 0.4) is 0 Å². The molecule has 0 aliphatic rings. The highest BCUT2D eigenvalue weighted by Crippen LogP contribution is 2.29. The third-order valence-corrected chi connectivity index (χ3v) is 4.72. The van der Waals surface area contributed by atoms with Crippen LogP contribution in [-0.4, -0.2) is 12.6 Å². The van der Waals surface area contributed by atoms with E-state index in [1.165, 1.54) is 11.1 Å². The number of benzene rings is 2. The molecule has 0 aliphatic heterocycles. The monoisotopic (exact) mass is 418 g/mol. The van der Waals surface area contributed by atoms with E-state index in [1.54, 1.807) is 0 Å². The fourth-order valence-corrected chi connectivity index (χ4v) is 3.10. The van der Waals surface area contributed by atoms with Crippen LogP contribution < -0.4 is 9.47 Å². The maximum atomic E-state index is 11.9. The first kappa shape index (κ1) is 20.5. The lowest BCUT2D eigenvalue weighted by atomic mass is 10.0. The van der Waals surface area contributed by atoms with E-state index in [0.717, 1.165) is 23.1 Å². The number of hydrogen-bond acceptors (Lipinski definition) is 3. The van der Waals surface area contributed by atoms with Gasteiger partial charge < -0.3 is 9.47 Å². The minimum atomic E-state index is -0.230. The van der Waals surface area contributed by atoms with Crippen LogP contribution in [0.2, 0.25) is 0 Å². The van der Waals surface area contributed by atoms with Crippen LogP contribution in [0, 0.1) is 0 Å². The van der Waals surface area contributed by atoms with Crippen LogP contribution in [0.1, 0.15) is 57.1 Å². The van der Waals surface area contributed by atoms with Gasteiger partial charge in [0.1, 0.15) is 11.5 Å². The van der Waals surface area contributed by atoms with Crippen molar-refractivity contribution in [3.63, 3.8) is 0 Å². The molecule has 140 valence electrons. The number of aryl methyl sites for hydroxylation is 1. The summed E-state index contributed by atoms with van der Waals surface area (Å²) < 4.78 is 12.1. The summed E-state index contributed by atoms with van der Waals surface area (Å²) in [6, 6.07) is 13.8. The molecule has 0 spiro atoms. The molecule has 0 bridgehead atoms. The molecule has 0 amide bonds. The quantitative estimate of drug-likeness (QED) is 0.272. The van der Waals surface area contributed by atoms with Gasteiger partial charge in [-0.15, -0.1) is 0 Å². The van der Waals surface area contributed by atoms with Crippen molar-refractivity contribution >= 4 is 21.9 Å². The second-order valence-corrected chi connectivity index (χ2v) is 7.52. The number of esters is 1. The molecule has 3 nitrogen and oxygen atoms in total. The molecule has 0 saturated carbocycles. The average Bonchev–Trinajstić information content (AvgIpc) is 2.61. The Morgan fingerprint density at radius 1 is 1.12 bits per heavy atom. The van der Waals surface area contributed by atoms with Crippen LogP contribution >= 0.6 is 15.9 Å².